The maximum absolute atomic E-state index is 12.5. The van der Waals surface area contributed by atoms with Crippen molar-refractivity contribution < 1.29 is 28.9 Å². The predicted molar refractivity (Wildman–Crippen MR) is 87.3 cm³/mol. The monoisotopic (exact) mass is 344 g/mol. The molecule has 0 aromatic rings. The number of ether oxygens (including phenoxy) is 3. The molecule has 3 atom stereocenters. The van der Waals surface area contributed by atoms with Gasteiger partial charge in [0.15, 0.2) is 0 Å². The lowest BCUT2D eigenvalue weighted by Gasteiger charge is -2.38. The van der Waals surface area contributed by atoms with Crippen molar-refractivity contribution in [2.24, 2.45) is 5.73 Å². The van der Waals surface area contributed by atoms with Gasteiger partial charge >= 0.3 is 11.9 Å². The van der Waals surface area contributed by atoms with Gasteiger partial charge in [-0.3, -0.25) is 4.90 Å². The topological polar surface area (TPSA) is 111 Å². The predicted octanol–water partition coefficient (Wildman–Crippen LogP) is 0.361. The van der Waals surface area contributed by atoms with E-state index in [1.54, 1.807) is 6.92 Å². The van der Waals surface area contributed by atoms with E-state index >= 15 is 0 Å². The number of carboxylic acid groups (broad SMARTS) is 1. The Balaban J connectivity index is 3.01. The Kier molecular flexibility index (Phi) is 8.34. The van der Waals surface area contributed by atoms with Crippen LogP contribution in [0.5, 0.6) is 0 Å². The van der Waals surface area contributed by atoms with Crippen molar-refractivity contribution in [3.05, 3.63) is 12.7 Å². The zero-order valence-electron chi connectivity index (χ0n) is 14.4. The third-order valence-corrected chi connectivity index (χ3v) is 4.01. The quantitative estimate of drug-likeness (QED) is 0.332. The lowest BCUT2D eigenvalue weighted by atomic mass is 9.93. The Morgan fingerprint density at radius 2 is 2.08 bits per heavy atom. The van der Waals surface area contributed by atoms with Crippen LogP contribution < -0.4 is 5.73 Å². The Morgan fingerprint density at radius 1 is 1.46 bits per heavy atom. The van der Waals surface area contributed by atoms with E-state index in [0.717, 1.165) is 0 Å². The third-order valence-electron chi connectivity index (χ3n) is 4.01. The fourth-order valence-corrected chi connectivity index (χ4v) is 2.48. The molecule has 1 saturated heterocycles. The molecule has 0 aromatic carbocycles. The molecule has 8 nitrogen and oxygen atoms in total. The fraction of sp³-hybridized carbons (Fsp3) is 0.750. The first-order valence-corrected chi connectivity index (χ1v) is 8.14. The van der Waals surface area contributed by atoms with E-state index in [-0.39, 0.29) is 13.0 Å². The number of hydrogen-bond donors (Lipinski definition) is 2. The molecular formula is C16H28N2O6. The fourth-order valence-electron chi connectivity index (χ4n) is 2.48. The van der Waals surface area contributed by atoms with E-state index in [4.69, 9.17) is 19.9 Å². The molecule has 1 fully saturated rings. The third kappa shape index (κ3) is 5.27. The highest BCUT2D eigenvalue weighted by Crippen LogP contribution is 2.25. The molecule has 8 heteroatoms. The summed E-state index contributed by atoms with van der Waals surface area (Å²) < 4.78 is 16.0. The van der Waals surface area contributed by atoms with Crippen molar-refractivity contribution in [3.63, 3.8) is 0 Å². The number of nitrogens with two attached hydrogens (primary N) is 1. The van der Waals surface area contributed by atoms with Gasteiger partial charge in [-0.1, -0.05) is 19.6 Å². The minimum atomic E-state index is -2.14. The van der Waals surface area contributed by atoms with Crippen LogP contribution in [0.4, 0.5) is 0 Å². The minimum absolute atomic E-state index is 0.0927. The standard InChI is InChI=1S/C16H28N2O6/c1-4-8-23-15(21)16(14(19)20,11-13(17)5-2)24-12(3)18-6-9-22-10-7-18/h4,12-13H,1,5-11,17H2,2-3H3,(H,19,20). The maximum Gasteiger partial charge on any atom is 0.350 e. The highest BCUT2D eigenvalue weighted by Gasteiger charge is 2.52. The largest absolute Gasteiger partial charge is 0.479 e. The molecule has 0 aliphatic carbocycles. The molecule has 0 spiro atoms. The summed E-state index contributed by atoms with van der Waals surface area (Å²) >= 11 is 0. The van der Waals surface area contributed by atoms with Crippen molar-refractivity contribution >= 4 is 11.9 Å². The van der Waals surface area contributed by atoms with Crippen LogP contribution >= 0.6 is 0 Å². The molecule has 138 valence electrons. The molecule has 1 aliphatic rings. The van der Waals surface area contributed by atoms with Crippen LogP contribution in [0.3, 0.4) is 0 Å². The highest BCUT2D eigenvalue weighted by atomic mass is 16.6. The Hall–Kier alpha value is -1.48. The second-order valence-corrected chi connectivity index (χ2v) is 5.76. The smallest absolute Gasteiger partial charge is 0.350 e. The van der Waals surface area contributed by atoms with Gasteiger partial charge in [0.05, 0.1) is 13.2 Å². The maximum atomic E-state index is 12.5. The van der Waals surface area contributed by atoms with Crippen LogP contribution in [-0.2, 0) is 23.8 Å². The molecule has 0 aromatic heterocycles. The molecular weight excluding hydrogens is 316 g/mol. The zero-order chi connectivity index (χ0) is 18.2. The van der Waals surface area contributed by atoms with Gasteiger partial charge in [0.2, 0.25) is 0 Å². The van der Waals surface area contributed by atoms with Crippen LogP contribution in [0.15, 0.2) is 12.7 Å². The number of carbonyl (C=O) groups excluding carboxylic acids is 1. The second-order valence-electron chi connectivity index (χ2n) is 5.76. The van der Waals surface area contributed by atoms with Crippen LogP contribution in [0.2, 0.25) is 0 Å². The molecule has 3 unspecified atom stereocenters. The van der Waals surface area contributed by atoms with Crippen molar-refractivity contribution in [2.45, 2.75) is 44.6 Å². The van der Waals surface area contributed by atoms with Gasteiger partial charge in [0, 0.05) is 25.6 Å². The van der Waals surface area contributed by atoms with Gasteiger partial charge in [0.1, 0.15) is 12.8 Å². The van der Waals surface area contributed by atoms with Gasteiger partial charge < -0.3 is 25.1 Å². The molecule has 1 rings (SSSR count). The molecule has 1 heterocycles. The number of morpholine rings is 1. The number of esters is 1. The highest BCUT2D eigenvalue weighted by molar-refractivity contribution is 6.03. The number of rotatable bonds is 10. The van der Waals surface area contributed by atoms with E-state index in [1.807, 2.05) is 11.8 Å². The average Bonchev–Trinajstić information content (AvgIpc) is 2.59. The summed E-state index contributed by atoms with van der Waals surface area (Å²) in [4.78, 5) is 26.3. The summed E-state index contributed by atoms with van der Waals surface area (Å²) in [5.41, 5.74) is 3.77. The summed E-state index contributed by atoms with van der Waals surface area (Å²) in [6, 6.07) is -0.505. The van der Waals surface area contributed by atoms with E-state index in [2.05, 4.69) is 6.58 Å². The molecule has 3 N–H and O–H groups in total. The molecule has 0 radical (unpaired) electrons. The summed E-state index contributed by atoms with van der Waals surface area (Å²) in [5.74, 6) is -2.36. The Labute approximate surface area is 142 Å². The lowest BCUT2D eigenvalue weighted by molar-refractivity contribution is -0.210. The number of aliphatic carboxylic acids is 1. The average molecular weight is 344 g/mol. The molecule has 0 saturated carbocycles. The summed E-state index contributed by atoms with van der Waals surface area (Å²) in [6.07, 6.45) is 1.13. The number of nitrogens with zero attached hydrogens (tertiary/aromatic N) is 1. The SMILES string of the molecule is C=CCOC(=O)C(CC(N)CC)(OC(C)N1CCOCC1)C(=O)O. The lowest BCUT2D eigenvalue weighted by Crippen LogP contribution is -2.57. The van der Waals surface area contributed by atoms with Crippen molar-refractivity contribution in [1.29, 1.82) is 0 Å². The number of hydrogen-bond acceptors (Lipinski definition) is 7. The first kappa shape index (κ1) is 20.6. The van der Waals surface area contributed by atoms with E-state index in [1.165, 1.54) is 6.08 Å². The van der Waals surface area contributed by atoms with E-state index in [9.17, 15) is 14.7 Å². The number of carbonyl (C=O) groups is 2. The van der Waals surface area contributed by atoms with Crippen LogP contribution in [0.1, 0.15) is 26.7 Å². The van der Waals surface area contributed by atoms with Gasteiger partial charge in [-0.15, -0.1) is 0 Å². The molecule has 0 amide bonds. The summed E-state index contributed by atoms with van der Waals surface area (Å²) in [5, 5.41) is 9.73. The van der Waals surface area contributed by atoms with Gasteiger partial charge in [0.25, 0.3) is 5.60 Å². The van der Waals surface area contributed by atoms with Gasteiger partial charge in [-0.25, -0.2) is 9.59 Å². The van der Waals surface area contributed by atoms with Crippen molar-refractivity contribution in [1.82, 2.24) is 4.90 Å². The minimum Gasteiger partial charge on any atom is -0.479 e. The molecule has 1 aliphatic heterocycles. The van der Waals surface area contributed by atoms with E-state index in [0.29, 0.717) is 32.7 Å². The van der Waals surface area contributed by atoms with Gasteiger partial charge in [-0.2, -0.15) is 0 Å². The van der Waals surface area contributed by atoms with Crippen LogP contribution in [0, 0.1) is 0 Å². The van der Waals surface area contributed by atoms with Crippen molar-refractivity contribution in [3.8, 4) is 0 Å². The summed E-state index contributed by atoms with van der Waals surface area (Å²) in [7, 11) is 0. The summed E-state index contributed by atoms with van der Waals surface area (Å²) in [6.45, 7) is 9.15. The normalized spacial score (nSPS) is 20.6. The van der Waals surface area contributed by atoms with Crippen LogP contribution in [0.25, 0.3) is 0 Å². The second kappa shape index (κ2) is 9.73. The van der Waals surface area contributed by atoms with Gasteiger partial charge in [-0.05, 0) is 13.3 Å². The first-order chi connectivity index (χ1) is 11.4. The number of carboxylic acids is 1. The molecule has 24 heavy (non-hydrogen) atoms. The van der Waals surface area contributed by atoms with Crippen molar-refractivity contribution in [2.75, 3.05) is 32.9 Å². The Bertz CT molecular complexity index is 438. The Morgan fingerprint density at radius 3 is 2.58 bits per heavy atom. The van der Waals surface area contributed by atoms with E-state index < -0.39 is 29.8 Å². The molecule has 0 bridgehead atoms. The first-order valence-electron chi connectivity index (χ1n) is 8.14. The zero-order valence-corrected chi connectivity index (χ0v) is 14.4. The van der Waals surface area contributed by atoms with Crippen LogP contribution in [-0.4, -0.2) is 72.7 Å².